The minimum absolute atomic E-state index is 0.0796. The first-order valence-corrected chi connectivity index (χ1v) is 6.02. The number of nitrogens with one attached hydrogen (secondary N) is 1. The van der Waals surface area contributed by atoms with Gasteiger partial charge in [-0.05, 0) is 13.0 Å². The molecule has 1 rings (SSSR count). The molecule has 17 heavy (non-hydrogen) atoms. The fourth-order valence-corrected chi connectivity index (χ4v) is 1.47. The molecule has 1 aromatic rings. The van der Waals surface area contributed by atoms with E-state index < -0.39 is 0 Å². The van der Waals surface area contributed by atoms with Crippen LogP contribution in [0.2, 0.25) is 0 Å². The van der Waals surface area contributed by atoms with E-state index in [-0.39, 0.29) is 6.10 Å². The lowest BCUT2D eigenvalue weighted by atomic mass is 10.2. The third kappa shape index (κ3) is 5.35. The van der Waals surface area contributed by atoms with Crippen LogP contribution in [0.5, 0.6) is 0 Å². The summed E-state index contributed by atoms with van der Waals surface area (Å²) < 4.78 is 16.1. The van der Waals surface area contributed by atoms with Crippen molar-refractivity contribution in [2.75, 3.05) is 13.7 Å². The van der Waals surface area contributed by atoms with Gasteiger partial charge in [-0.2, -0.15) is 0 Å². The van der Waals surface area contributed by atoms with Gasteiger partial charge >= 0.3 is 0 Å². The fourth-order valence-electron chi connectivity index (χ4n) is 1.47. The molecule has 0 spiro atoms. The van der Waals surface area contributed by atoms with Gasteiger partial charge in [0.15, 0.2) is 0 Å². The summed E-state index contributed by atoms with van der Waals surface area (Å²) in [6.07, 6.45) is 1.79. The van der Waals surface area contributed by atoms with Gasteiger partial charge in [0.1, 0.15) is 12.4 Å². The molecule has 1 atom stereocenters. The number of furan rings is 1. The van der Waals surface area contributed by atoms with Gasteiger partial charge in [0.2, 0.25) is 0 Å². The van der Waals surface area contributed by atoms with Crippen LogP contribution in [0.1, 0.15) is 32.1 Å². The van der Waals surface area contributed by atoms with E-state index in [0.717, 1.165) is 17.9 Å². The molecule has 1 unspecified atom stereocenters. The summed E-state index contributed by atoms with van der Waals surface area (Å²) in [5.74, 6) is 0.890. The van der Waals surface area contributed by atoms with Gasteiger partial charge in [0, 0.05) is 25.3 Å². The average Bonchev–Trinajstić information content (AvgIpc) is 2.71. The van der Waals surface area contributed by atoms with Crippen LogP contribution in [-0.2, 0) is 22.6 Å². The van der Waals surface area contributed by atoms with Crippen LogP contribution >= 0.6 is 0 Å². The molecule has 0 saturated heterocycles. The lowest BCUT2D eigenvalue weighted by molar-refractivity contribution is -0.00671. The number of hydrogen-bond donors (Lipinski definition) is 1. The van der Waals surface area contributed by atoms with E-state index in [0.29, 0.717) is 19.3 Å². The Labute approximate surface area is 103 Å². The van der Waals surface area contributed by atoms with Crippen molar-refractivity contribution in [3.8, 4) is 0 Å². The Morgan fingerprint density at radius 3 is 2.76 bits per heavy atom. The highest BCUT2D eigenvalue weighted by Gasteiger charge is 2.09. The van der Waals surface area contributed by atoms with Gasteiger partial charge < -0.3 is 19.2 Å². The first-order valence-electron chi connectivity index (χ1n) is 6.02. The predicted molar refractivity (Wildman–Crippen MR) is 66.8 cm³/mol. The van der Waals surface area contributed by atoms with Crippen molar-refractivity contribution in [3.05, 3.63) is 23.7 Å². The van der Waals surface area contributed by atoms with Gasteiger partial charge in [-0.25, -0.2) is 0 Å². The second-order valence-electron chi connectivity index (χ2n) is 4.48. The van der Waals surface area contributed by atoms with E-state index in [1.807, 2.05) is 13.0 Å². The summed E-state index contributed by atoms with van der Waals surface area (Å²) in [6.45, 7) is 8.13. The Morgan fingerprint density at radius 2 is 2.12 bits per heavy atom. The van der Waals surface area contributed by atoms with Gasteiger partial charge in [-0.15, -0.1) is 0 Å². The Balaban J connectivity index is 2.40. The van der Waals surface area contributed by atoms with E-state index in [2.05, 4.69) is 19.2 Å². The smallest absolute Gasteiger partial charge is 0.133 e. The molecule has 0 aliphatic carbocycles. The molecule has 0 bridgehead atoms. The molecule has 0 aliphatic rings. The highest BCUT2D eigenvalue weighted by Crippen LogP contribution is 2.13. The third-order valence-electron chi connectivity index (χ3n) is 2.44. The molecule has 0 radical (unpaired) electrons. The largest absolute Gasteiger partial charge is 0.467 e. The van der Waals surface area contributed by atoms with Crippen molar-refractivity contribution in [3.63, 3.8) is 0 Å². The van der Waals surface area contributed by atoms with Crippen molar-refractivity contribution in [1.82, 2.24) is 5.32 Å². The molecule has 4 nitrogen and oxygen atoms in total. The quantitative estimate of drug-likeness (QED) is 0.758. The highest BCUT2D eigenvalue weighted by molar-refractivity contribution is 5.16. The van der Waals surface area contributed by atoms with Crippen molar-refractivity contribution in [1.29, 1.82) is 0 Å². The Morgan fingerprint density at radius 1 is 1.35 bits per heavy atom. The molecule has 1 N–H and O–H groups in total. The van der Waals surface area contributed by atoms with Crippen LogP contribution in [-0.4, -0.2) is 25.9 Å². The summed E-state index contributed by atoms with van der Waals surface area (Å²) in [5, 5.41) is 3.36. The zero-order chi connectivity index (χ0) is 12.7. The third-order valence-corrected chi connectivity index (χ3v) is 2.44. The summed E-state index contributed by atoms with van der Waals surface area (Å²) in [6, 6.07) is 2.45. The van der Waals surface area contributed by atoms with Gasteiger partial charge in [-0.1, -0.05) is 13.8 Å². The molecule has 4 heteroatoms. The Hall–Kier alpha value is -0.840. The topological polar surface area (TPSA) is 43.6 Å². The molecule has 1 aromatic heterocycles. The lowest BCUT2D eigenvalue weighted by Crippen LogP contribution is -2.22. The molecule has 1 heterocycles. The van der Waals surface area contributed by atoms with Crippen molar-refractivity contribution >= 4 is 0 Å². The Bertz CT molecular complexity index is 309. The molecule has 0 fully saturated rings. The minimum atomic E-state index is 0.0796. The predicted octanol–water partition coefficient (Wildman–Crippen LogP) is 2.33. The molecular weight excluding hydrogens is 218 g/mol. The molecule has 0 saturated carbocycles. The first kappa shape index (κ1) is 14.2. The number of rotatable bonds is 8. The van der Waals surface area contributed by atoms with Crippen molar-refractivity contribution in [2.24, 2.45) is 0 Å². The average molecular weight is 241 g/mol. The van der Waals surface area contributed by atoms with Crippen LogP contribution in [0.3, 0.4) is 0 Å². The van der Waals surface area contributed by atoms with E-state index in [1.165, 1.54) is 0 Å². The van der Waals surface area contributed by atoms with Crippen LogP contribution in [0.15, 0.2) is 16.7 Å². The maximum absolute atomic E-state index is 5.63. The van der Waals surface area contributed by atoms with Gasteiger partial charge in [0.25, 0.3) is 0 Å². The second kappa shape index (κ2) is 7.48. The molecule has 0 aliphatic heterocycles. The highest BCUT2D eigenvalue weighted by atomic mass is 16.5. The van der Waals surface area contributed by atoms with Crippen LogP contribution < -0.4 is 5.32 Å². The molecular formula is C13H23NO3. The monoisotopic (exact) mass is 241 g/mol. The summed E-state index contributed by atoms with van der Waals surface area (Å²) in [7, 11) is 1.67. The van der Waals surface area contributed by atoms with Gasteiger partial charge in [0.05, 0.1) is 19.0 Å². The SMILES string of the molecule is COCC(C)OCc1occc1CNC(C)C. The minimum Gasteiger partial charge on any atom is -0.467 e. The van der Waals surface area contributed by atoms with E-state index in [1.54, 1.807) is 13.4 Å². The zero-order valence-corrected chi connectivity index (χ0v) is 11.2. The van der Waals surface area contributed by atoms with Crippen LogP contribution in [0, 0.1) is 0 Å². The normalized spacial score (nSPS) is 13.2. The lowest BCUT2D eigenvalue weighted by Gasteiger charge is -2.12. The Kier molecular flexibility index (Phi) is 6.26. The first-order chi connectivity index (χ1) is 8.13. The summed E-state index contributed by atoms with van der Waals surface area (Å²) in [4.78, 5) is 0. The molecule has 0 aromatic carbocycles. The zero-order valence-electron chi connectivity index (χ0n) is 11.2. The van der Waals surface area contributed by atoms with E-state index >= 15 is 0 Å². The second-order valence-corrected chi connectivity index (χ2v) is 4.48. The van der Waals surface area contributed by atoms with Crippen LogP contribution in [0.4, 0.5) is 0 Å². The number of ether oxygens (including phenoxy) is 2. The number of methoxy groups -OCH3 is 1. The maximum atomic E-state index is 5.63. The van der Waals surface area contributed by atoms with Crippen molar-refractivity contribution < 1.29 is 13.9 Å². The summed E-state index contributed by atoms with van der Waals surface area (Å²) >= 11 is 0. The van der Waals surface area contributed by atoms with Crippen LogP contribution in [0.25, 0.3) is 0 Å². The standard InChI is InChI=1S/C13H23NO3/c1-10(2)14-7-12-5-6-16-13(12)9-17-11(3)8-15-4/h5-6,10-11,14H,7-9H2,1-4H3. The van der Waals surface area contributed by atoms with E-state index in [4.69, 9.17) is 13.9 Å². The number of hydrogen-bond acceptors (Lipinski definition) is 4. The fraction of sp³-hybridized carbons (Fsp3) is 0.692. The molecule has 98 valence electrons. The van der Waals surface area contributed by atoms with E-state index in [9.17, 15) is 0 Å². The van der Waals surface area contributed by atoms with Gasteiger partial charge in [-0.3, -0.25) is 0 Å². The van der Waals surface area contributed by atoms with Crippen molar-refractivity contribution in [2.45, 2.75) is 46.1 Å². The summed E-state index contributed by atoms with van der Waals surface area (Å²) in [5.41, 5.74) is 1.16. The maximum Gasteiger partial charge on any atom is 0.133 e. The molecule has 0 amide bonds.